The quantitative estimate of drug-likeness (QED) is 0.897. The van der Waals surface area contributed by atoms with Gasteiger partial charge in [0.2, 0.25) is 5.91 Å². The molecule has 0 bridgehead atoms. The second kappa shape index (κ2) is 6.84. The number of nitrogens with zero attached hydrogens (tertiary/aromatic N) is 3. The number of likely N-dealkylation sites (tertiary alicyclic amines) is 1. The van der Waals surface area contributed by atoms with Crippen LogP contribution in [0.2, 0.25) is 0 Å². The molecule has 1 fully saturated rings. The highest BCUT2D eigenvalue weighted by molar-refractivity contribution is 7.97. The largest absolute Gasteiger partial charge is 0.481 e. The Kier molecular flexibility index (Phi) is 4.80. The van der Waals surface area contributed by atoms with E-state index in [0.29, 0.717) is 13.0 Å². The van der Waals surface area contributed by atoms with Crippen LogP contribution in [0.25, 0.3) is 11.0 Å². The van der Waals surface area contributed by atoms with Crippen molar-refractivity contribution in [3.05, 3.63) is 30.1 Å². The van der Waals surface area contributed by atoms with Crippen molar-refractivity contribution < 1.29 is 14.7 Å². The van der Waals surface area contributed by atoms with E-state index in [4.69, 9.17) is 0 Å². The van der Waals surface area contributed by atoms with Crippen molar-refractivity contribution in [3.8, 4) is 0 Å². The molecule has 0 spiro atoms. The number of fused-ring (bicyclic) bond motifs is 1. The number of rotatable bonds is 5. The van der Waals surface area contributed by atoms with Crippen LogP contribution in [0.15, 0.2) is 24.3 Å². The molecule has 1 saturated heterocycles. The third-order valence-electron chi connectivity index (χ3n) is 4.69. The Morgan fingerprint density at radius 3 is 2.79 bits per heavy atom. The number of para-hydroxylation sites is 2. The second-order valence-corrected chi connectivity index (χ2v) is 6.96. The van der Waals surface area contributed by atoms with Crippen LogP contribution in [0.3, 0.4) is 0 Å². The van der Waals surface area contributed by atoms with Crippen LogP contribution in [0.5, 0.6) is 0 Å². The smallest absolute Gasteiger partial charge is 0.308 e. The highest BCUT2D eigenvalue weighted by Crippen LogP contribution is 2.26. The lowest BCUT2D eigenvalue weighted by molar-refractivity contribution is -0.143. The van der Waals surface area contributed by atoms with E-state index < -0.39 is 11.9 Å². The fraction of sp³-hybridized carbons (Fsp3) is 0.471. The topological polar surface area (TPSA) is 75.4 Å². The minimum absolute atomic E-state index is 0.0447. The number of imidazole rings is 1. The van der Waals surface area contributed by atoms with Gasteiger partial charge in [0.05, 0.1) is 22.7 Å². The monoisotopic (exact) mass is 347 g/mol. The van der Waals surface area contributed by atoms with Gasteiger partial charge in [0, 0.05) is 12.6 Å². The second-order valence-electron chi connectivity index (χ2n) is 6.10. The summed E-state index contributed by atoms with van der Waals surface area (Å²) in [6, 6.07) is 7.51. The number of carboxylic acid groups (broad SMARTS) is 1. The highest BCUT2D eigenvalue weighted by Gasteiger charge is 2.38. The number of carboxylic acids is 1. The van der Waals surface area contributed by atoms with E-state index in [0.717, 1.165) is 22.6 Å². The molecule has 3 rings (SSSR count). The molecule has 1 aromatic heterocycles. The Labute approximate surface area is 144 Å². The summed E-state index contributed by atoms with van der Waals surface area (Å²) >= 11 is 1.66. The Morgan fingerprint density at radius 2 is 2.12 bits per heavy atom. The van der Waals surface area contributed by atoms with Crippen molar-refractivity contribution in [3.63, 3.8) is 0 Å². The number of benzene rings is 1. The van der Waals surface area contributed by atoms with Crippen molar-refractivity contribution in [2.75, 3.05) is 12.8 Å². The van der Waals surface area contributed by atoms with Crippen molar-refractivity contribution in [2.45, 2.75) is 31.7 Å². The molecule has 2 heterocycles. The van der Waals surface area contributed by atoms with Crippen molar-refractivity contribution in [1.82, 2.24) is 14.5 Å². The lowest BCUT2D eigenvalue weighted by Crippen LogP contribution is -2.39. The molecule has 0 aliphatic carbocycles. The molecule has 2 atom stereocenters. The van der Waals surface area contributed by atoms with Gasteiger partial charge >= 0.3 is 5.97 Å². The zero-order chi connectivity index (χ0) is 17.3. The first-order chi connectivity index (χ1) is 11.5. The van der Waals surface area contributed by atoms with Crippen molar-refractivity contribution >= 4 is 34.7 Å². The van der Waals surface area contributed by atoms with E-state index >= 15 is 0 Å². The highest BCUT2D eigenvalue weighted by atomic mass is 32.2. The number of hydrogen-bond donors (Lipinski definition) is 1. The predicted octanol–water partition coefficient (Wildman–Crippen LogP) is 2.22. The molecule has 6 nitrogen and oxygen atoms in total. The molecule has 0 saturated carbocycles. The summed E-state index contributed by atoms with van der Waals surface area (Å²) < 4.78 is 1.95. The number of aromatic nitrogens is 2. The molecule has 1 aliphatic rings. The van der Waals surface area contributed by atoms with Crippen LogP contribution in [0.1, 0.15) is 19.2 Å². The summed E-state index contributed by atoms with van der Waals surface area (Å²) in [4.78, 5) is 30.3. The molecule has 1 amide bonds. The minimum atomic E-state index is -0.825. The van der Waals surface area contributed by atoms with Crippen LogP contribution in [-0.4, -0.2) is 50.3 Å². The average Bonchev–Trinajstić information content (AvgIpc) is 3.09. The van der Waals surface area contributed by atoms with Gasteiger partial charge in [-0.3, -0.25) is 9.59 Å². The van der Waals surface area contributed by atoms with Crippen LogP contribution < -0.4 is 0 Å². The predicted molar refractivity (Wildman–Crippen MR) is 93.9 cm³/mol. The summed E-state index contributed by atoms with van der Waals surface area (Å²) in [6.45, 7) is 2.52. The Morgan fingerprint density at radius 1 is 1.38 bits per heavy atom. The van der Waals surface area contributed by atoms with Gasteiger partial charge < -0.3 is 14.6 Å². The molecular formula is C17H21N3O3S. The fourth-order valence-corrected chi connectivity index (χ4v) is 3.87. The third-order valence-corrected chi connectivity index (χ3v) is 5.24. The van der Waals surface area contributed by atoms with Crippen LogP contribution in [0.4, 0.5) is 0 Å². The normalized spacial score (nSPS) is 20.7. The first-order valence-electron chi connectivity index (χ1n) is 7.98. The van der Waals surface area contributed by atoms with Gasteiger partial charge in [-0.25, -0.2) is 4.98 Å². The Hall–Kier alpha value is -2.02. The van der Waals surface area contributed by atoms with E-state index in [-0.39, 0.29) is 18.5 Å². The summed E-state index contributed by atoms with van der Waals surface area (Å²) in [7, 11) is 0. The minimum Gasteiger partial charge on any atom is -0.481 e. The molecule has 7 heteroatoms. The lowest BCUT2D eigenvalue weighted by atomic mass is 10.0. The molecule has 2 aromatic rings. The number of thioether (sulfide) groups is 1. The van der Waals surface area contributed by atoms with Gasteiger partial charge in [0.15, 0.2) is 0 Å². The maximum absolute atomic E-state index is 12.8. The number of carbonyl (C=O) groups excluding carboxylic acids is 1. The van der Waals surface area contributed by atoms with Crippen molar-refractivity contribution in [2.24, 2.45) is 5.92 Å². The molecule has 2 unspecified atom stereocenters. The van der Waals surface area contributed by atoms with Crippen LogP contribution in [0, 0.1) is 5.92 Å². The molecule has 0 radical (unpaired) electrons. The Bertz CT molecular complexity index is 774. The summed E-state index contributed by atoms with van der Waals surface area (Å²) in [5.41, 5.74) is 1.82. The fourth-order valence-electron chi connectivity index (χ4n) is 3.39. The standard InChI is InChI=1S/C17H21N3O3S/c1-11-12(17(22)23)7-8-19(11)16(21)9-20-14-6-4-3-5-13(14)18-15(20)10-24-2/h3-6,11-12H,7-10H2,1-2H3,(H,22,23). The van der Waals surface area contributed by atoms with E-state index in [9.17, 15) is 14.7 Å². The maximum Gasteiger partial charge on any atom is 0.308 e. The molecule has 128 valence electrons. The van der Waals surface area contributed by atoms with Gasteiger partial charge in [0.1, 0.15) is 12.4 Å². The van der Waals surface area contributed by atoms with Gasteiger partial charge in [0.25, 0.3) is 0 Å². The third kappa shape index (κ3) is 3.00. The van der Waals surface area contributed by atoms with Gasteiger partial charge in [-0.2, -0.15) is 11.8 Å². The number of hydrogen-bond acceptors (Lipinski definition) is 4. The molecule has 1 N–H and O–H groups in total. The first kappa shape index (κ1) is 16.8. The van der Waals surface area contributed by atoms with Crippen molar-refractivity contribution in [1.29, 1.82) is 0 Å². The SMILES string of the molecule is CSCc1nc2ccccc2n1CC(=O)N1CCC(C(=O)O)C1C. The van der Waals surface area contributed by atoms with Crippen LogP contribution >= 0.6 is 11.8 Å². The number of carbonyl (C=O) groups is 2. The van der Waals surface area contributed by atoms with Gasteiger partial charge in [-0.15, -0.1) is 0 Å². The zero-order valence-electron chi connectivity index (χ0n) is 13.8. The van der Waals surface area contributed by atoms with Gasteiger partial charge in [-0.05, 0) is 31.7 Å². The number of aliphatic carboxylic acids is 1. The van der Waals surface area contributed by atoms with E-state index in [1.807, 2.05) is 42.0 Å². The lowest BCUT2D eigenvalue weighted by Gasteiger charge is -2.24. The number of amides is 1. The molecule has 1 aromatic carbocycles. The van der Waals surface area contributed by atoms with E-state index in [1.165, 1.54) is 0 Å². The summed E-state index contributed by atoms with van der Waals surface area (Å²) in [6.07, 6.45) is 2.52. The molecular weight excluding hydrogens is 326 g/mol. The van der Waals surface area contributed by atoms with E-state index in [1.54, 1.807) is 16.7 Å². The maximum atomic E-state index is 12.8. The summed E-state index contributed by atoms with van der Waals surface area (Å²) in [5.74, 6) is 0.262. The zero-order valence-corrected chi connectivity index (χ0v) is 14.6. The van der Waals surface area contributed by atoms with Crippen LogP contribution in [-0.2, 0) is 21.9 Å². The average molecular weight is 347 g/mol. The Balaban J connectivity index is 1.85. The van der Waals surface area contributed by atoms with E-state index in [2.05, 4.69) is 4.98 Å². The molecule has 1 aliphatic heterocycles. The summed E-state index contributed by atoms with van der Waals surface area (Å²) in [5, 5.41) is 9.24. The molecule has 24 heavy (non-hydrogen) atoms. The first-order valence-corrected chi connectivity index (χ1v) is 9.37. The van der Waals surface area contributed by atoms with Gasteiger partial charge in [-0.1, -0.05) is 12.1 Å².